The standard InChI is InChI=1S/C17H26N2O/c1-3-13(2)19-17(20)16-6-4-14(5-7-16)12-15-8-10-18-11-9-15/h4-7,13,15,18H,3,8-12H2,1-2H3,(H,19,20). The zero-order valence-corrected chi connectivity index (χ0v) is 12.6. The summed E-state index contributed by atoms with van der Waals surface area (Å²) < 4.78 is 0. The first-order chi connectivity index (χ1) is 9.69. The summed E-state index contributed by atoms with van der Waals surface area (Å²) in [5, 5.41) is 6.39. The number of nitrogens with one attached hydrogen (secondary N) is 2. The summed E-state index contributed by atoms with van der Waals surface area (Å²) >= 11 is 0. The van der Waals surface area contributed by atoms with Gasteiger partial charge < -0.3 is 10.6 Å². The third-order valence-corrected chi connectivity index (χ3v) is 4.19. The summed E-state index contributed by atoms with van der Waals surface area (Å²) in [7, 11) is 0. The maximum Gasteiger partial charge on any atom is 0.251 e. The molecule has 0 saturated carbocycles. The minimum absolute atomic E-state index is 0.0350. The number of amides is 1. The van der Waals surface area contributed by atoms with Crippen molar-refractivity contribution in [2.45, 2.75) is 45.6 Å². The molecule has 0 bridgehead atoms. The van der Waals surface area contributed by atoms with Crippen molar-refractivity contribution in [3.8, 4) is 0 Å². The highest BCUT2D eigenvalue weighted by Crippen LogP contribution is 2.18. The predicted octanol–water partition coefficient (Wildman–Crippen LogP) is 2.76. The molecule has 1 aliphatic rings. The van der Waals surface area contributed by atoms with E-state index >= 15 is 0 Å². The summed E-state index contributed by atoms with van der Waals surface area (Å²) in [6, 6.07) is 8.35. The third-order valence-electron chi connectivity index (χ3n) is 4.19. The van der Waals surface area contributed by atoms with Crippen LogP contribution in [0.4, 0.5) is 0 Å². The summed E-state index contributed by atoms with van der Waals surface area (Å²) in [5.74, 6) is 0.823. The van der Waals surface area contributed by atoms with Gasteiger partial charge in [-0.2, -0.15) is 0 Å². The molecule has 2 N–H and O–H groups in total. The van der Waals surface area contributed by atoms with E-state index in [1.807, 2.05) is 19.1 Å². The van der Waals surface area contributed by atoms with Gasteiger partial charge in [0.2, 0.25) is 0 Å². The number of benzene rings is 1. The molecule has 1 aliphatic heterocycles. The second-order valence-electron chi connectivity index (χ2n) is 5.88. The molecule has 1 aromatic carbocycles. The Balaban J connectivity index is 1.90. The van der Waals surface area contributed by atoms with E-state index in [-0.39, 0.29) is 11.9 Å². The molecule has 0 spiro atoms. The minimum atomic E-state index is 0.0350. The number of carbonyl (C=O) groups excluding carboxylic acids is 1. The van der Waals surface area contributed by atoms with Crippen molar-refractivity contribution in [2.75, 3.05) is 13.1 Å². The second kappa shape index (κ2) is 7.44. The monoisotopic (exact) mass is 274 g/mol. The van der Waals surface area contributed by atoms with Crippen LogP contribution in [0, 0.1) is 5.92 Å². The van der Waals surface area contributed by atoms with Gasteiger partial charge in [0.05, 0.1) is 0 Å². The maximum atomic E-state index is 12.0. The molecule has 0 radical (unpaired) electrons. The normalized spacial score (nSPS) is 17.7. The van der Waals surface area contributed by atoms with Gasteiger partial charge in [0.15, 0.2) is 0 Å². The molecule has 0 aromatic heterocycles. The Labute approximate surface area is 122 Å². The number of rotatable bonds is 5. The van der Waals surface area contributed by atoms with Gasteiger partial charge in [0.25, 0.3) is 5.91 Å². The molecule has 1 unspecified atom stereocenters. The van der Waals surface area contributed by atoms with Crippen LogP contribution in [0.3, 0.4) is 0 Å². The quantitative estimate of drug-likeness (QED) is 0.867. The topological polar surface area (TPSA) is 41.1 Å². The van der Waals surface area contributed by atoms with Crippen molar-refractivity contribution in [3.63, 3.8) is 0 Å². The molecule has 110 valence electrons. The Morgan fingerprint density at radius 1 is 1.30 bits per heavy atom. The van der Waals surface area contributed by atoms with E-state index in [0.29, 0.717) is 0 Å². The van der Waals surface area contributed by atoms with Gasteiger partial charge in [0.1, 0.15) is 0 Å². The van der Waals surface area contributed by atoms with Crippen LogP contribution in [0.15, 0.2) is 24.3 Å². The SMILES string of the molecule is CCC(C)NC(=O)c1ccc(CC2CCNCC2)cc1. The average Bonchev–Trinajstić information content (AvgIpc) is 2.49. The molecule has 1 amide bonds. The number of hydrogen-bond donors (Lipinski definition) is 2. The second-order valence-corrected chi connectivity index (χ2v) is 5.88. The largest absolute Gasteiger partial charge is 0.350 e. The van der Waals surface area contributed by atoms with E-state index in [1.54, 1.807) is 0 Å². The first-order valence-electron chi connectivity index (χ1n) is 7.79. The fourth-order valence-electron chi connectivity index (χ4n) is 2.62. The smallest absolute Gasteiger partial charge is 0.251 e. The van der Waals surface area contributed by atoms with Crippen LogP contribution in [0.2, 0.25) is 0 Å². The summed E-state index contributed by atoms with van der Waals surface area (Å²) in [6.45, 7) is 6.39. The zero-order valence-electron chi connectivity index (χ0n) is 12.6. The van der Waals surface area contributed by atoms with Crippen LogP contribution >= 0.6 is 0 Å². The van der Waals surface area contributed by atoms with Gasteiger partial charge in [-0.15, -0.1) is 0 Å². The highest BCUT2D eigenvalue weighted by atomic mass is 16.1. The van der Waals surface area contributed by atoms with E-state index in [1.165, 1.54) is 18.4 Å². The molecule has 20 heavy (non-hydrogen) atoms. The summed E-state index contributed by atoms with van der Waals surface area (Å²) in [6.07, 6.45) is 4.61. The van der Waals surface area contributed by atoms with Crippen molar-refractivity contribution >= 4 is 5.91 Å². The highest BCUT2D eigenvalue weighted by molar-refractivity contribution is 5.94. The Morgan fingerprint density at radius 3 is 2.55 bits per heavy atom. The molecular formula is C17H26N2O. The van der Waals surface area contributed by atoms with Gasteiger partial charge >= 0.3 is 0 Å². The Hall–Kier alpha value is -1.35. The van der Waals surface area contributed by atoms with Gasteiger partial charge in [-0.3, -0.25) is 4.79 Å². The van der Waals surface area contributed by atoms with Crippen LogP contribution in [-0.2, 0) is 6.42 Å². The predicted molar refractivity (Wildman–Crippen MR) is 83.0 cm³/mol. The molecule has 1 atom stereocenters. The lowest BCUT2D eigenvalue weighted by molar-refractivity contribution is 0.0939. The van der Waals surface area contributed by atoms with Crippen LogP contribution in [-0.4, -0.2) is 25.0 Å². The van der Waals surface area contributed by atoms with Crippen LogP contribution < -0.4 is 10.6 Å². The van der Waals surface area contributed by atoms with Crippen molar-refractivity contribution in [2.24, 2.45) is 5.92 Å². The first kappa shape index (κ1) is 15.0. The summed E-state index contributed by atoms with van der Waals surface area (Å²) in [5.41, 5.74) is 2.11. The van der Waals surface area contributed by atoms with Gasteiger partial charge in [-0.1, -0.05) is 19.1 Å². The lowest BCUT2D eigenvalue weighted by Gasteiger charge is -2.22. The molecule has 2 rings (SSSR count). The minimum Gasteiger partial charge on any atom is -0.350 e. The molecule has 3 nitrogen and oxygen atoms in total. The molecule has 1 heterocycles. The number of carbonyl (C=O) groups is 1. The average molecular weight is 274 g/mol. The third kappa shape index (κ3) is 4.34. The molecule has 1 aromatic rings. The molecule has 3 heteroatoms. The molecular weight excluding hydrogens is 248 g/mol. The lowest BCUT2D eigenvalue weighted by atomic mass is 9.91. The van der Waals surface area contributed by atoms with Crippen LogP contribution in [0.1, 0.15) is 49.0 Å². The Bertz CT molecular complexity index is 421. The first-order valence-corrected chi connectivity index (χ1v) is 7.79. The van der Waals surface area contributed by atoms with Gasteiger partial charge in [-0.25, -0.2) is 0 Å². The fraction of sp³-hybridized carbons (Fsp3) is 0.588. The number of piperidine rings is 1. The van der Waals surface area contributed by atoms with E-state index in [9.17, 15) is 4.79 Å². The zero-order chi connectivity index (χ0) is 14.4. The van der Waals surface area contributed by atoms with Crippen molar-refractivity contribution in [1.29, 1.82) is 0 Å². The Morgan fingerprint density at radius 2 is 1.95 bits per heavy atom. The number of hydrogen-bond acceptors (Lipinski definition) is 2. The van der Waals surface area contributed by atoms with Crippen molar-refractivity contribution in [3.05, 3.63) is 35.4 Å². The Kier molecular flexibility index (Phi) is 5.60. The lowest BCUT2D eigenvalue weighted by Crippen LogP contribution is -2.31. The van der Waals surface area contributed by atoms with Gasteiger partial charge in [0, 0.05) is 11.6 Å². The molecule has 1 saturated heterocycles. The molecule has 1 fully saturated rings. The van der Waals surface area contributed by atoms with E-state index in [0.717, 1.165) is 37.4 Å². The van der Waals surface area contributed by atoms with Crippen LogP contribution in [0.5, 0.6) is 0 Å². The van der Waals surface area contributed by atoms with Crippen molar-refractivity contribution in [1.82, 2.24) is 10.6 Å². The van der Waals surface area contributed by atoms with E-state index in [4.69, 9.17) is 0 Å². The van der Waals surface area contributed by atoms with Gasteiger partial charge in [-0.05, 0) is 69.3 Å². The maximum absolute atomic E-state index is 12.0. The van der Waals surface area contributed by atoms with Crippen LogP contribution in [0.25, 0.3) is 0 Å². The highest BCUT2D eigenvalue weighted by Gasteiger charge is 2.14. The van der Waals surface area contributed by atoms with Crippen molar-refractivity contribution < 1.29 is 4.79 Å². The van der Waals surface area contributed by atoms with E-state index < -0.39 is 0 Å². The molecule has 0 aliphatic carbocycles. The van der Waals surface area contributed by atoms with E-state index in [2.05, 4.69) is 29.7 Å². The fourth-order valence-corrected chi connectivity index (χ4v) is 2.62. The summed E-state index contributed by atoms with van der Waals surface area (Å²) in [4.78, 5) is 12.0.